The van der Waals surface area contributed by atoms with Gasteiger partial charge in [0, 0.05) is 25.7 Å². The molecule has 1 N–H and O–H groups in total. The van der Waals surface area contributed by atoms with Crippen LogP contribution in [-0.2, 0) is 9.63 Å². The zero-order chi connectivity index (χ0) is 15.4. The van der Waals surface area contributed by atoms with E-state index in [-0.39, 0.29) is 5.91 Å². The van der Waals surface area contributed by atoms with Crippen molar-refractivity contribution in [2.75, 3.05) is 24.5 Å². The Hall–Kier alpha value is -2.18. The van der Waals surface area contributed by atoms with E-state index in [1.54, 1.807) is 12.5 Å². The monoisotopic (exact) mass is 303 g/mol. The molecule has 1 unspecified atom stereocenters. The van der Waals surface area contributed by atoms with E-state index in [4.69, 9.17) is 4.84 Å². The van der Waals surface area contributed by atoms with Crippen LogP contribution in [0.2, 0.25) is 0 Å². The molecule has 0 aliphatic carbocycles. The smallest absolute Gasteiger partial charge is 0.269 e. The fourth-order valence-corrected chi connectivity index (χ4v) is 2.97. The lowest BCUT2D eigenvalue weighted by atomic mass is 9.88. The predicted octanol–water partition coefficient (Wildman–Crippen LogP) is 1.12. The molecule has 0 saturated carbocycles. The van der Waals surface area contributed by atoms with Crippen molar-refractivity contribution in [3.05, 3.63) is 18.6 Å². The molecule has 1 atom stereocenters. The zero-order valence-corrected chi connectivity index (χ0v) is 12.8. The number of carbonyl (C=O) groups is 1. The molecule has 118 valence electrons. The molecular formula is C15H21N5O2. The van der Waals surface area contributed by atoms with Crippen LogP contribution < -0.4 is 10.2 Å². The molecule has 3 rings (SSSR count). The van der Waals surface area contributed by atoms with Gasteiger partial charge in [-0.25, -0.2) is 9.97 Å². The summed E-state index contributed by atoms with van der Waals surface area (Å²) in [7, 11) is 0. The third-order valence-electron chi connectivity index (χ3n) is 4.07. The molecule has 22 heavy (non-hydrogen) atoms. The summed E-state index contributed by atoms with van der Waals surface area (Å²) in [4.78, 5) is 28.1. The number of rotatable bonds is 4. The van der Waals surface area contributed by atoms with Crippen LogP contribution in [0.25, 0.3) is 0 Å². The van der Waals surface area contributed by atoms with Crippen molar-refractivity contribution in [3.63, 3.8) is 0 Å². The number of hydrogen-bond donors (Lipinski definition) is 1. The molecule has 0 bridgehead atoms. The minimum atomic E-state index is -0.401. The van der Waals surface area contributed by atoms with Crippen molar-refractivity contribution in [2.24, 2.45) is 5.16 Å². The van der Waals surface area contributed by atoms with E-state index < -0.39 is 5.60 Å². The van der Waals surface area contributed by atoms with E-state index >= 15 is 0 Å². The lowest BCUT2D eigenvalue weighted by molar-refractivity contribution is -0.114. The number of hydrogen-bond acceptors (Lipinski definition) is 6. The van der Waals surface area contributed by atoms with E-state index in [1.807, 2.05) is 13.0 Å². The van der Waals surface area contributed by atoms with Crippen LogP contribution in [-0.4, -0.2) is 46.8 Å². The molecule has 7 nitrogen and oxygen atoms in total. The highest BCUT2D eigenvalue weighted by molar-refractivity contribution is 6.39. The van der Waals surface area contributed by atoms with Crippen LogP contribution in [0.4, 0.5) is 5.82 Å². The third kappa shape index (κ3) is 3.03. The fraction of sp³-hybridized carbons (Fsp3) is 0.600. The summed E-state index contributed by atoms with van der Waals surface area (Å²) in [5.74, 6) is 0.777. The third-order valence-corrected chi connectivity index (χ3v) is 4.07. The molecular weight excluding hydrogens is 282 g/mol. The number of anilines is 1. The van der Waals surface area contributed by atoms with Gasteiger partial charge in [-0.1, -0.05) is 12.1 Å². The molecule has 1 aromatic heterocycles. The topological polar surface area (TPSA) is 79.7 Å². The Kier molecular flexibility index (Phi) is 4.22. The maximum Gasteiger partial charge on any atom is 0.269 e. The van der Waals surface area contributed by atoms with E-state index in [0.29, 0.717) is 25.2 Å². The Morgan fingerprint density at radius 2 is 2.45 bits per heavy atom. The molecule has 3 heterocycles. The molecule has 0 aromatic carbocycles. The van der Waals surface area contributed by atoms with Gasteiger partial charge in [-0.05, 0) is 25.3 Å². The number of amides is 1. The average Bonchev–Trinajstić information content (AvgIpc) is 2.97. The maximum atomic E-state index is 12.0. The van der Waals surface area contributed by atoms with Crippen LogP contribution >= 0.6 is 0 Å². The summed E-state index contributed by atoms with van der Waals surface area (Å²) in [6, 6.07) is 1.89. The summed E-state index contributed by atoms with van der Waals surface area (Å²) in [6.45, 7) is 4.31. The molecule has 1 amide bonds. The Labute approximate surface area is 129 Å². The van der Waals surface area contributed by atoms with Crippen molar-refractivity contribution < 1.29 is 9.63 Å². The maximum absolute atomic E-state index is 12.0. The van der Waals surface area contributed by atoms with Gasteiger partial charge in [0.1, 0.15) is 17.9 Å². The minimum absolute atomic E-state index is 0.113. The van der Waals surface area contributed by atoms with Gasteiger partial charge in [0.05, 0.1) is 6.54 Å². The second-order valence-corrected chi connectivity index (χ2v) is 5.84. The summed E-state index contributed by atoms with van der Waals surface area (Å²) >= 11 is 0. The highest BCUT2D eigenvalue weighted by atomic mass is 16.7. The largest absolute Gasteiger partial charge is 0.386 e. The zero-order valence-electron chi connectivity index (χ0n) is 12.8. The van der Waals surface area contributed by atoms with Crippen molar-refractivity contribution in [2.45, 2.75) is 38.2 Å². The van der Waals surface area contributed by atoms with Gasteiger partial charge in [-0.3, -0.25) is 4.79 Å². The molecule has 2 aliphatic heterocycles. The van der Waals surface area contributed by atoms with Gasteiger partial charge in [0.25, 0.3) is 5.91 Å². The van der Waals surface area contributed by atoms with Crippen LogP contribution in [0.15, 0.2) is 23.7 Å². The Balaban J connectivity index is 1.64. The Bertz CT molecular complexity index is 562. The number of carbonyl (C=O) groups excluding carboxylic acids is 1. The fourth-order valence-electron chi connectivity index (χ4n) is 2.97. The molecule has 1 spiro atoms. The van der Waals surface area contributed by atoms with Gasteiger partial charge in [0.15, 0.2) is 5.60 Å². The van der Waals surface area contributed by atoms with Gasteiger partial charge < -0.3 is 15.1 Å². The normalized spacial score (nSPS) is 24.0. The predicted molar refractivity (Wildman–Crippen MR) is 82.6 cm³/mol. The average molecular weight is 303 g/mol. The number of nitrogens with zero attached hydrogens (tertiary/aromatic N) is 4. The number of nitrogens with one attached hydrogen (secondary N) is 1. The van der Waals surface area contributed by atoms with Crippen LogP contribution in [0, 0.1) is 0 Å². The quantitative estimate of drug-likeness (QED) is 0.901. The number of aromatic nitrogens is 2. The minimum Gasteiger partial charge on any atom is -0.386 e. The van der Waals surface area contributed by atoms with Gasteiger partial charge in [-0.15, -0.1) is 0 Å². The standard InChI is InChI=1S/C15H21N5O2/c1-2-6-17-14(21)12-9-15(22-19-12)5-3-8-20(10-15)13-4-7-16-11-18-13/h4,7,11H,2-3,5-6,8-10H2,1H3,(H,17,21). The lowest BCUT2D eigenvalue weighted by Crippen LogP contribution is -2.49. The first-order valence-electron chi connectivity index (χ1n) is 7.77. The van der Waals surface area contributed by atoms with Crippen molar-refractivity contribution >= 4 is 17.4 Å². The molecule has 0 radical (unpaired) electrons. The van der Waals surface area contributed by atoms with Crippen molar-refractivity contribution in [1.82, 2.24) is 15.3 Å². The Morgan fingerprint density at radius 1 is 1.55 bits per heavy atom. The molecule has 1 saturated heterocycles. The van der Waals surface area contributed by atoms with E-state index in [9.17, 15) is 4.79 Å². The molecule has 1 aromatic rings. The van der Waals surface area contributed by atoms with E-state index in [1.165, 1.54) is 0 Å². The number of oxime groups is 1. The van der Waals surface area contributed by atoms with Gasteiger partial charge >= 0.3 is 0 Å². The van der Waals surface area contributed by atoms with Crippen LogP contribution in [0.1, 0.15) is 32.6 Å². The SMILES string of the molecule is CCCNC(=O)C1=NOC2(CCCN(c3ccncn3)C2)C1. The molecule has 1 fully saturated rings. The second kappa shape index (κ2) is 6.29. The first kappa shape index (κ1) is 14.7. The summed E-state index contributed by atoms with van der Waals surface area (Å²) in [5, 5.41) is 6.89. The second-order valence-electron chi connectivity index (χ2n) is 5.84. The lowest BCUT2D eigenvalue weighted by Gasteiger charge is -2.38. The number of piperidine rings is 1. The summed E-state index contributed by atoms with van der Waals surface area (Å²) in [6.07, 6.45) is 6.65. The first-order chi connectivity index (χ1) is 10.7. The van der Waals surface area contributed by atoms with Crippen molar-refractivity contribution in [3.8, 4) is 0 Å². The van der Waals surface area contributed by atoms with Crippen molar-refractivity contribution in [1.29, 1.82) is 0 Å². The van der Waals surface area contributed by atoms with E-state index in [2.05, 4.69) is 25.3 Å². The Morgan fingerprint density at radius 3 is 3.23 bits per heavy atom. The summed E-state index contributed by atoms with van der Waals surface area (Å²) < 4.78 is 0. The highest BCUT2D eigenvalue weighted by Crippen LogP contribution is 2.34. The van der Waals surface area contributed by atoms with Gasteiger partial charge in [-0.2, -0.15) is 0 Å². The highest BCUT2D eigenvalue weighted by Gasteiger charge is 2.44. The van der Waals surface area contributed by atoms with E-state index in [0.717, 1.165) is 31.6 Å². The molecule has 7 heteroatoms. The van der Waals surface area contributed by atoms with Crippen LogP contribution in [0.5, 0.6) is 0 Å². The first-order valence-corrected chi connectivity index (χ1v) is 7.77. The van der Waals surface area contributed by atoms with Gasteiger partial charge in [0.2, 0.25) is 0 Å². The molecule has 2 aliphatic rings. The summed E-state index contributed by atoms with van der Waals surface area (Å²) in [5.41, 5.74) is 0.0974. The van der Waals surface area contributed by atoms with Crippen LogP contribution in [0.3, 0.4) is 0 Å².